The van der Waals surface area contributed by atoms with E-state index in [9.17, 15) is 4.79 Å². The largest absolute Gasteiger partial charge is 0.389 e. The molecule has 1 saturated carbocycles. The maximum atomic E-state index is 11.0. The van der Waals surface area contributed by atoms with Crippen molar-refractivity contribution >= 4 is 22.2 Å². The molecule has 0 aromatic carbocycles. The minimum atomic E-state index is -0.522. The standard InChI is InChI=1S/C10H15N3OS/c11-8(14)7-9(12)15-10(13-7)6-4-2-1-3-5-6/h6H,1-5,12H2,(H2,11,14). The molecule has 1 aliphatic carbocycles. The van der Waals surface area contributed by atoms with E-state index >= 15 is 0 Å². The third-order valence-corrected chi connectivity index (χ3v) is 3.90. The molecule has 0 bridgehead atoms. The zero-order chi connectivity index (χ0) is 10.8. The zero-order valence-corrected chi connectivity index (χ0v) is 9.35. The Balaban J connectivity index is 2.21. The lowest BCUT2D eigenvalue weighted by molar-refractivity contribution is 0.0997. The third-order valence-electron chi connectivity index (χ3n) is 2.86. The number of amides is 1. The van der Waals surface area contributed by atoms with Crippen LogP contribution < -0.4 is 11.5 Å². The van der Waals surface area contributed by atoms with E-state index in [1.165, 1.54) is 30.6 Å². The van der Waals surface area contributed by atoms with E-state index < -0.39 is 5.91 Å². The third kappa shape index (κ3) is 2.12. The van der Waals surface area contributed by atoms with E-state index in [4.69, 9.17) is 11.5 Å². The van der Waals surface area contributed by atoms with Gasteiger partial charge in [0.1, 0.15) is 5.00 Å². The Hall–Kier alpha value is -1.10. The predicted octanol–water partition coefficient (Wildman–Crippen LogP) is 1.87. The van der Waals surface area contributed by atoms with E-state index in [0.29, 0.717) is 10.9 Å². The highest BCUT2D eigenvalue weighted by atomic mass is 32.1. The molecule has 2 rings (SSSR count). The van der Waals surface area contributed by atoms with Gasteiger partial charge in [-0.3, -0.25) is 4.79 Å². The Morgan fingerprint density at radius 1 is 1.33 bits per heavy atom. The fourth-order valence-electron chi connectivity index (χ4n) is 2.05. The number of rotatable bonds is 2. The Morgan fingerprint density at radius 2 is 2.00 bits per heavy atom. The second-order valence-electron chi connectivity index (χ2n) is 3.96. The SMILES string of the molecule is NC(=O)c1nc(C2CCCCC2)sc1N. The minimum Gasteiger partial charge on any atom is -0.389 e. The molecule has 0 radical (unpaired) electrons. The van der Waals surface area contributed by atoms with Gasteiger partial charge < -0.3 is 11.5 Å². The van der Waals surface area contributed by atoms with Gasteiger partial charge in [0, 0.05) is 5.92 Å². The van der Waals surface area contributed by atoms with Crippen LogP contribution in [0.5, 0.6) is 0 Å². The molecule has 1 aromatic rings. The van der Waals surface area contributed by atoms with Crippen LogP contribution in [0.3, 0.4) is 0 Å². The lowest BCUT2D eigenvalue weighted by atomic mass is 9.90. The molecule has 15 heavy (non-hydrogen) atoms. The molecule has 0 saturated heterocycles. The number of carbonyl (C=O) groups is 1. The van der Waals surface area contributed by atoms with Crippen molar-refractivity contribution < 1.29 is 4.79 Å². The molecular formula is C10H15N3OS. The van der Waals surface area contributed by atoms with Crippen LogP contribution in [0.1, 0.15) is 53.5 Å². The lowest BCUT2D eigenvalue weighted by Crippen LogP contribution is -2.13. The molecule has 4 nitrogen and oxygen atoms in total. The highest BCUT2D eigenvalue weighted by Gasteiger charge is 2.22. The second kappa shape index (κ2) is 4.18. The van der Waals surface area contributed by atoms with E-state index in [2.05, 4.69) is 4.98 Å². The first-order valence-electron chi connectivity index (χ1n) is 5.24. The van der Waals surface area contributed by atoms with Crippen molar-refractivity contribution in [2.45, 2.75) is 38.0 Å². The lowest BCUT2D eigenvalue weighted by Gasteiger charge is -2.18. The van der Waals surface area contributed by atoms with Crippen molar-refractivity contribution in [2.24, 2.45) is 5.73 Å². The Bertz CT molecular complexity index is 369. The Morgan fingerprint density at radius 3 is 2.53 bits per heavy atom. The molecule has 1 amide bonds. The zero-order valence-electron chi connectivity index (χ0n) is 8.53. The Labute approximate surface area is 92.7 Å². The summed E-state index contributed by atoms with van der Waals surface area (Å²) in [5.41, 5.74) is 11.1. The number of anilines is 1. The molecule has 1 heterocycles. The average Bonchev–Trinajstić information content (AvgIpc) is 2.62. The van der Waals surface area contributed by atoms with Gasteiger partial charge >= 0.3 is 0 Å². The number of carbonyl (C=O) groups excluding carboxylic acids is 1. The molecule has 4 N–H and O–H groups in total. The number of aromatic nitrogens is 1. The summed E-state index contributed by atoms with van der Waals surface area (Å²) in [5, 5.41) is 1.45. The highest BCUT2D eigenvalue weighted by Crippen LogP contribution is 2.36. The topological polar surface area (TPSA) is 82.0 Å². The molecule has 5 heteroatoms. The molecule has 1 aromatic heterocycles. The number of nitrogens with zero attached hydrogens (tertiary/aromatic N) is 1. The molecule has 0 aliphatic heterocycles. The first kappa shape index (κ1) is 10.4. The van der Waals surface area contributed by atoms with Crippen molar-refractivity contribution in [3.8, 4) is 0 Å². The molecule has 1 aliphatic rings. The summed E-state index contributed by atoms with van der Waals surface area (Å²) in [7, 11) is 0. The maximum Gasteiger partial charge on any atom is 0.270 e. The summed E-state index contributed by atoms with van der Waals surface area (Å²) >= 11 is 1.42. The van der Waals surface area contributed by atoms with Crippen LogP contribution in [0.15, 0.2) is 0 Å². The van der Waals surface area contributed by atoms with Crippen LogP contribution in [0.4, 0.5) is 5.00 Å². The van der Waals surface area contributed by atoms with Crippen molar-refractivity contribution in [1.29, 1.82) is 0 Å². The molecule has 82 valence electrons. The normalized spacial score (nSPS) is 17.9. The summed E-state index contributed by atoms with van der Waals surface area (Å²) < 4.78 is 0. The number of hydrogen-bond donors (Lipinski definition) is 2. The molecule has 0 unspecified atom stereocenters. The first-order chi connectivity index (χ1) is 7.18. The average molecular weight is 225 g/mol. The monoisotopic (exact) mass is 225 g/mol. The van der Waals surface area contributed by atoms with Gasteiger partial charge in [-0.2, -0.15) is 0 Å². The van der Waals surface area contributed by atoms with E-state index in [-0.39, 0.29) is 5.69 Å². The quantitative estimate of drug-likeness (QED) is 0.806. The smallest absolute Gasteiger partial charge is 0.270 e. The fourth-order valence-corrected chi connectivity index (χ4v) is 3.06. The minimum absolute atomic E-state index is 0.251. The van der Waals surface area contributed by atoms with Gasteiger partial charge in [0.15, 0.2) is 5.69 Å². The van der Waals surface area contributed by atoms with E-state index in [0.717, 1.165) is 17.8 Å². The van der Waals surface area contributed by atoms with Gasteiger partial charge in [0.25, 0.3) is 5.91 Å². The van der Waals surface area contributed by atoms with Gasteiger partial charge in [-0.1, -0.05) is 19.3 Å². The van der Waals surface area contributed by atoms with Crippen molar-refractivity contribution in [2.75, 3.05) is 5.73 Å². The van der Waals surface area contributed by atoms with Gasteiger partial charge in [-0.05, 0) is 12.8 Å². The maximum absolute atomic E-state index is 11.0. The summed E-state index contributed by atoms with van der Waals surface area (Å²) in [5.74, 6) is -0.0371. The van der Waals surface area contributed by atoms with Gasteiger partial charge in [0.2, 0.25) is 0 Å². The van der Waals surface area contributed by atoms with Gasteiger partial charge in [0.05, 0.1) is 5.01 Å². The molecular weight excluding hydrogens is 210 g/mol. The number of hydrogen-bond acceptors (Lipinski definition) is 4. The van der Waals surface area contributed by atoms with E-state index in [1.807, 2.05) is 0 Å². The fraction of sp³-hybridized carbons (Fsp3) is 0.600. The number of nitrogens with two attached hydrogens (primary N) is 2. The number of nitrogen functional groups attached to an aromatic ring is 1. The van der Waals surface area contributed by atoms with Crippen LogP contribution in [-0.4, -0.2) is 10.9 Å². The summed E-state index contributed by atoms with van der Waals surface area (Å²) in [4.78, 5) is 15.3. The number of thiazole rings is 1. The van der Waals surface area contributed by atoms with Crippen LogP contribution in [0.2, 0.25) is 0 Å². The molecule has 0 spiro atoms. The summed E-state index contributed by atoms with van der Waals surface area (Å²) in [6.45, 7) is 0. The summed E-state index contributed by atoms with van der Waals surface area (Å²) in [6.07, 6.45) is 6.11. The van der Waals surface area contributed by atoms with Crippen LogP contribution >= 0.6 is 11.3 Å². The molecule has 0 atom stereocenters. The van der Waals surface area contributed by atoms with Crippen LogP contribution in [-0.2, 0) is 0 Å². The van der Waals surface area contributed by atoms with Crippen LogP contribution in [0, 0.1) is 0 Å². The van der Waals surface area contributed by atoms with Crippen molar-refractivity contribution in [3.63, 3.8) is 0 Å². The predicted molar refractivity (Wildman–Crippen MR) is 60.9 cm³/mol. The second-order valence-corrected chi connectivity index (χ2v) is 5.03. The number of primary amides is 1. The molecule has 1 fully saturated rings. The highest BCUT2D eigenvalue weighted by molar-refractivity contribution is 7.16. The first-order valence-corrected chi connectivity index (χ1v) is 6.06. The van der Waals surface area contributed by atoms with Gasteiger partial charge in [-0.15, -0.1) is 11.3 Å². The van der Waals surface area contributed by atoms with Crippen LogP contribution in [0.25, 0.3) is 0 Å². The van der Waals surface area contributed by atoms with E-state index in [1.54, 1.807) is 0 Å². The Kier molecular flexibility index (Phi) is 2.90. The van der Waals surface area contributed by atoms with Crippen molar-refractivity contribution in [3.05, 3.63) is 10.7 Å². The van der Waals surface area contributed by atoms with Gasteiger partial charge in [-0.25, -0.2) is 4.98 Å². The van der Waals surface area contributed by atoms with Crippen molar-refractivity contribution in [1.82, 2.24) is 4.98 Å². The summed E-state index contributed by atoms with van der Waals surface area (Å²) in [6, 6.07) is 0.